The monoisotopic (exact) mass is 266 g/mol. The topological polar surface area (TPSA) is 111 Å². The molecule has 2 N–H and O–H groups in total. The zero-order chi connectivity index (χ0) is 14.0. The molecule has 0 aromatic carbocycles. The van der Waals surface area contributed by atoms with Crippen LogP contribution in [0.2, 0.25) is 0 Å². The molecule has 0 unspecified atom stereocenters. The lowest BCUT2D eigenvalue weighted by Gasteiger charge is -2.18. The fraction of sp³-hybridized carbons (Fsp3) is 0.500. The normalized spacial score (nSPS) is 14.7. The molecule has 1 aliphatic rings. The predicted molar refractivity (Wildman–Crippen MR) is 62.7 cm³/mol. The first-order valence-electron chi connectivity index (χ1n) is 5.67. The van der Waals surface area contributed by atoms with Crippen molar-refractivity contribution in [3.05, 3.63) is 11.6 Å². The van der Waals surface area contributed by atoms with E-state index in [1.54, 1.807) is 14.0 Å². The molecule has 2 rings (SSSR count). The van der Waals surface area contributed by atoms with E-state index in [0.29, 0.717) is 11.6 Å². The Kier molecular flexibility index (Phi) is 3.45. The lowest BCUT2D eigenvalue weighted by Crippen LogP contribution is -2.41. The molecule has 1 aromatic heterocycles. The molecule has 19 heavy (non-hydrogen) atoms. The lowest BCUT2D eigenvalue weighted by molar-refractivity contribution is -0.136. The SMILES string of the molecule is Cc1nc(CN(C)C(=O)CN2C(=O)CNC2=O)n[nH]1. The minimum Gasteiger partial charge on any atom is -0.337 e. The van der Waals surface area contributed by atoms with Crippen LogP contribution in [-0.4, -0.2) is 63.0 Å². The zero-order valence-electron chi connectivity index (χ0n) is 10.6. The number of hydrogen-bond donors (Lipinski definition) is 2. The number of imide groups is 1. The highest BCUT2D eigenvalue weighted by atomic mass is 16.2. The number of aryl methyl sites for hydroxylation is 1. The summed E-state index contributed by atoms with van der Waals surface area (Å²) in [5, 5.41) is 8.94. The van der Waals surface area contributed by atoms with E-state index < -0.39 is 11.9 Å². The van der Waals surface area contributed by atoms with Crippen molar-refractivity contribution in [2.45, 2.75) is 13.5 Å². The highest BCUT2D eigenvalue weighted by Gasteiger charge is 2.31. The average Bonchev–Trinajstić information content (AvgIpc) is 2.89. The summed E-state index contributed by atoms with van der Waals surface area (Å²) >= 11 is 0. The first-order chi connectivity index (χ1) is 8.97. The minimum atomic E-state index is -0.541. The van der Waals surface area contributed by atoms with Crippen LogP contribution in [-0.2, 0) is 16.1 Å². The van der Waals surface area contributed by atoms with Crippen molar-refractivity contribution >= 4 is 17.8 Å². The van der Waals surface area contributed by atoms with Crippen LogP contribution in [0.15, 0.2) is 0 Å². The Balaban J connectivity index is 1.92. The lowest BCUT2D eigenvalue weighted by atomic mass is 10.4. The van der Waals surface area contributed by atoms with Crippen LogP contribution in [0.1, 0.15) is 11.6 Å². The molecule has 1 fully saturated rings. The summed E-state index contributed by atoms with van der Waals surface area (Å²) < 4.78 is 0. The number of hydrogen-bond acceptors (Lipinski definition) is 5. The van der Waals surface area contributed by atoms with Gasteiger partial charge < -0.3 is 10.2 Å². The number of aromatic nitrogens is 3. The van der Waals surface area contributed by atoms with E-state index in [2.05, 4.69) is 20.5 Å². The fourth-order valence-corrected chi connectivity index (χ4v) is 1.63. The Labute approximate surface area is 109 Å². The van der Waals surface area contributed by atoms with Crippen molar-refractivity contribution in [1.29, 1.82) is 0 Å². The fourth-order valence-electron chi connectivity index (χ4n) is 1.63. The maximum atomic E-state index is 11.9. The first kappa shape index (κ1) is 13.0. The van der Waals surface area contributed by atoms with Crippen molar-refractivity contribution in [3.63, 3.8) is 0 Å². The molecule has 0 saturated carbocycles. The van der Waals surface area contributed by atoms with Gasteiger partial charge >= 0.3 is 6.03 Å². The van der Waals surface area contributed by atoms with Crippen LogP contribution >= 0.6 is 0 Å². The van der Waals surface area contributed by atoms with E-state index in [9.17, 15) is 14.4 Å². The van der Waals surface area contributed by atoms with Gasteiger partial charge in [-0.1, -0.05) is 0 Å². The Morgan fingerprint density at radius 2 is 2.21 bits per heavy atom. The molecular weight excluding hydrogens is 252 g/mol. The van der Waals surface area contributed by atoms with Gasteiger partial charge in [0.25, 0.3) is 5.91 Å². The molecule has 1 saturated heterocycles. The number of nitrogens with zero attached hydrogens (tertiary/aromatic N) is 4. The van der Waals surface area contributed by atoms with Gasteiger partial charge in [0.05, 0.1) is 13.1 Å². The van der Waals surface area contributed by atoms with Gasteiger partial charge in [0, 0.05) is 7.05 Å². The third kappa shape index (κ3) is 2.87. The van der Waals surface area contributed by atoms with Crippen LogP contribution in [0.25, 0.3) is 0 Å². The molecule has 9 nitrogen and oxygen atoms in total. The third-order valence-electron chi connectivity index (χ3n) is 2.68. The van der Waals surface area contributed by atoms with Gasteiger partial charge in [-0.25, -0.2) is 9.78 Å². The standard InChI is InChI=1S/C10H14N6O3/c1-6-12-7(14-13-6)4-15(2)9(18)5-16-8(17)3-11-10(16)19/h3-5H2,1-2H3,(H,11,19)(H,12,13,14). The van der Waals surface area contributed by atoms with E-state index >= 15 is 0 Å². The third-order valence-corrected chi connectivity index (χ3v) is 2.68. The highest BCUT2D eigenvalue weighted by Crippen LogP contribution is 2.02. The number of likely N-dealkylation sites (N-methyl/N-ethyl adjacent to an activating group) is 1. The van der Waals surface area contributed by atoms with Crippen molar-refractivity contribution in [3.8, 4) is 0 Å². The summed E-state index contributed by atoms with van der Waals surface area (Å²) in [6.07, 6.45) is 0. The first-order valence-corrected chi connectivity index (χ1v) is 5.67. The number of carbonyl (C=O) groups excluding carboxylic acids is 3. The van der Waals surface area contributed by atoms with Crippen molar-refractivity contribution < 1.29 is 14.4 Å². The van der Waals surface area contributed by atoms with E-state index in [-0.39, 0.29) is 25.5 Å². The summed E-state index contributed by atoms with van der Waals surface area (Å²) in [7, 11) is 1.56. The van der Waals surface area contributed by atoms with Crippen LogP contribution in [0.5, 0.6) is 0 Å². The Hall–Kier alpha value is -2.45. The number of amides is 4. The maximum Gasteiger partial charge on any atom is 0.325 e. The van der Waals surface area contributed by atoms with Gasteiger partial charge in [0.15, 0.2) is 5.82 Å². The van der Waals surface area contributed by atoms with Gasteiger partial charge in [-0.05, 0) is 6.92 Å². The molecule has 0 aliphatic carbocycles. The number of carbonyl (C=O) groups is 3. The number of nitrogens with one attached hydrogen (secondary N) is 2. The Morgan fingerprint density at radius 1 is 1.47 bits per heavy atom. The molecule has 2 heterocycles. The second-order valence-electron chi connectivity index (χ2n) is 4.23. The molecule has 4 amide bonds. The molecule has 0 atom stereocenters. The summed E-state index contributed by atoms with van der Waals surface area (Å²) in [6.45, 7) is 1.64. The summed E-state index contributed by atoms with van der Waals surface area (Å²) in [5.74, 6) is 0.379. The van der Waals surface area contributed by atoms with Gasteiger partial charge in [-0.3, -0.25) is 19.6 Å². The summed E-state index contributed by atoms with van der Waals surface area (Å²) in [5.41, 5.74) is 0. The van der Waals surface area contributed by atoms with Crippen molar-refractivity contribution in [2.24, 2.45) is 0 Å². The highest BCUT2D eigenvalue weighted by molar-refractivity contribution is 6.04. The van der Waals surface area contributed by atoms with E-state index in [1.165, 1.54) is 4.90 Å². The number of urea groups is 1. The van der Waals surface area contributed by atoms with Gasteiger partial charge in [-0.2, -0.15) is 5.10 Å². The van der Waals surface area contributed by atoms with E-state index in [0.717, 1.165) is 4.90 Å². The van der Waals surface area contributed by atoms with E-state index in [4.69, 9.17) is 0 Å². The molecule has 9 heteroatoms. The maximum absolute atomic E-state index is 11.9. The predicted octanol–water partition coefficient (Wildman–Crippen LogP) is -1.38. The van der Waals surface area contributed by atoms with Gasteiger partial charge in [0.2, 0.25) is 5.91 Å². The van der Waals surface area contributed by atoms with Crippen molar-refractivity contribution in [2.75, 3.05) is 20.1 Å². The zero-order valence-corrected chi connectivity index (χ0v) is 10.6. The summed E-state index contributed by atoms with van der Waals surface area (Å²) in [6, 6.07) is -0.541. The van der Waals surface area contributed by atoms with Crippen molar-refractivity contribution in [1.82, 2.24) is 30.3 Å². The minimum absolute atomic E-state index is 0.0596. The Bertz CT molecular complexity index is 509. The molecule has 0 radical (unpaired) electrons. The number of rotatable bonds is 4. The molecule has 0 spiro atoms. The number of aromatic amines is 1. The second-order valence-corrected chi connectivity index (χ2v) is 4.23. The molecule has 102 valence electrons. The van der Waals surface area contributed by atoms with Gasteiger partial charge in [0.1, 0.15) is 12.4 Å². The van der Waals surface area contributed by atoms with Crippen LogP contribution in [0, 0.1) is 6.92 Å². The number of H-pyrrole nitrogens is 1. The largest absolute Gasteiger partial charge is 0.337 e. The van der Waals surface area contributed by atoms with E-state index in [1.807, 2.05) is 0 Å². The Morgan fingerprint density at radius 3 is 2.74 bits per heavy atom. The van der Waals surface area contributed by atoms with Crippen LogP contribution in [0.4, 0.5) is 4.79 Å². The average molecular weight is 266 g/mol. The quantitative estimate of drug-likeness (QED) is 0.653. The molecule has 1 aromatic rings. The van der Waals surface area contributed by atoms with Gasteiger partial charge in [-0.15, -0.1) is 0 Å². The smallest absolute Gasteiger partial charge is 0.325 e. The molecule has 1 aliphatic heterocycles. The van der Waals surface area contributed by atoms with Crippen LogP contribution in [0.3, 0.4) is 0 Å². The van der Waals surface area contributed by atoms with Crippen LogP contribution < -0.4 is 5.32 Å². The molecular formula is C10H14N6O3. The summed E-state index contributed by atoms with van der Waals surface area (Å²) in [4.78, 5) is 40.9. The second kappa shape index (κ2) is 5.04. The molecule has 0 bridgehead atoms.